The number of piperazine rings is 1. The maximum Gasteiger partial charge on any atom is 0.254 e. The number of para-hydroxylation sites is 1. The van der Waals surface area contributed by atoms with E-state index in [4.69, 9.17) is 0 Å². The van der Waals surface area contributed by atoms with Gasteiger partial charge in [0.1, 0.15) is 5.60 Å². The molecule has 2 aromatic rings. The number of hydrazine groups is 1. The summed E-state index contributed by atoms with van der Waals surface area (Å²) in [5.74, 6) is -0.179. The molecule has 0 spiro atoms. The van der Waals surface area contributed by atoms with Crippen LogP contribution in [-0.2, 0) is 11.3 Å². The zero-order valence-corrected chi connectivity index (χ0v) is 22.6. The number of aliphatic hydroxyl groups is 1. The predicted octanol–water partition coefficient (Wildman–Crippen LogP) is 4.44. The van der Waals surface area contributed by atoms with E-state index < -0.39 is 5.60 Å². The van der Waals surface area contributed by atoms with Crippen LogP contribution < -0.4 is 5.01 Å². The number of carbonyl (C=O) groups excluding carboxylic acids is 2. The van der Waals surface area contributed by atoms with Gasteiger partial charge < -0.3 is 19.9 Å². The first-order chi connectivity index (χ1) is 18.4. The first-order valence-corrected chi connectivity index (χ1v) is 14.5. The van der Waals surface area contributed by atoms with Crippen molar-refractivity contribution in [2.75, 3.05) is 38.2 Å². The minimum Gasteiger partial charge on any atom is -0.380 e. The number of amides is 2. The molecule has 0 atom stereocenters. The summed E-state index contributed by atoms with van der Waals surface area (Å²) in [4.78, 5) is 29.1. The average Bonchev–Trinajstić information content (AvgIpc) is 3.60. The normalized spacial score (nSPS) is 22.1. The Kier molecular flexibility index (Phi) is 6.91. The Balaban J connectivity index is 1.13. The van der Waals surface area contributed by atoms with E-state index in [1.54, 1.807) is 4.90 Å². The molecule has 2 heterocycles. The fourth-order valence-electron chi connectivity index (χ4n) is 6.56. The highest BCUT2D eigenvalue weighted by Crippen LogP contribution is 2.41. The Morgan fingerprint density at radius 2 is 1.47 bits per heavy atom. The van der Waals surface area contributed by atoms with Crippen LogP contribution in [0.4, 0.5) is 5.69 Å². The Labute approximate surface area is 226 Å². The zero-order valence-electron chi connectivity index (χ0n) is 22.6. The topological polar surface area (TPSA) is 67.3 Å². The van der Waals surface area contributed by atoms with Gasteiger partial charge in [0.15, 0.2) is 0 Å². The number of fused-ring (bicyclic) bond motifs is 1. The molecule has 7 heteroatoms. The Hall–Kier alpha value is -2.90. The van der Waals surface area contributed by atoms with Crippen LogP contribution in [0.2, 0.25) is 0 Å². The van der Waals surface area contributed by atoms with Gasteiger partial charge in [0, 0.05) is 56.9 Å². The van der Waals surface area contributed by atoms with Crippen molar-refractivity contribution in [1.82, 2.24) is 14.8 Å². The Morgan fingerprint density at radius 3 is 2.13 bits per heavy atom. The summed E-state index contributed by atoms with van der Waals surface area (Å²) in [5.41, 5.74) is 4.52. The zero-order chi connectivity index (χ0) is 26.3. The highest BCUT2D eigenvalue weighted by Gasteiger charge is 2.50. The van der Waals surface area contributed by atoms with Crippen LogP contribution in [0.1, 0.15) is 73.7 Å². The van der Waals surface area contributed by atoms with Crippen molar-refractivity contribution in [1.29, 1.82) is 0 Å². The van der Waals surface area contributed by atoms with E-state index >= 15 is 0 Å². The van der Waals surface area contributed by atoms with E-state index in [1.807, 2.05) is 17.0 Å². The molecule has 2 aliphatic carbocycles. The summed E-state index contributed by atoms with van der Waals surface area (Å²) in [7, 11) is 2.21. The highest BCUT2D eigenvalue weighted by atomic mass is 16.3. The van der Waals surface area contributed by atoms with E-state index in [9.17, 15) is 14.7 Å². The molecular formula is C31H40N4O3. The molecule has 6 rings (SSSR count). The molecule has 0 bridgehead atoms. The molecule has 2 saturated carbocycles. The van der Waals surface area contributed by atoms with Crippen LogP contribution in [0.5, 0.6) is 0 Å². The number of nitrogens with zero attached hydrogens (tertiary/aromatic N) is 4. The van der Waals surface area contributed by atoms with Crippen LogP contribution in [0.3, 0.4) is 0 Å². The van der Waals surface area contributed by atoms with Gasteiger partial charge in [-0.2, -0.15) is 0 Å². The molecule has 1 saturated heterocycles. The van der Waals surface area contributed by atoms with Crippen molar-refractivity contribution in [3.63, 3.8) is 0 Å². The first kappa shape index (κ1) is 25.4. The van der Waals surface area contributed by atoms with Gasteiger partial charge in [-0.25, -0.2) is 5.01 Å². The van der Waals surface area contributed by atoms with Crippen molar-refractivity contribution in [3.05, 3.63) is 53.6 Å². The summed E-state index contributed by atoms with van der Waals surface area (Å²) >= 11 is 0. The molecule has 3 fully saturated rings. The van der Waals surface area contributed by atoms with E-state index in [1.165, 1.54) is 61.8 Å². The van der Waals surface area contributed by atoms with E-state index in [0.717, 1.165) is 12.1 Å². The van der Waals surface area contributed by atoms with Gasteiger partial charge in [0.05, 0.1) is 5.69 Å². The van der Waals surface area contributed by atoms with Crippen molar-refractivity contribution in [2.45, 2.75) is 76.0 Å². The van der Waals surface area contributed by atoms with Crippen LogP contribution in [0, 0.1) is 0 Å². The van der Waals surface area contributed by atoms with Crippen molar-refractivity contribution in [3.8, 4) is 11.1 Å². The van der Waals surface area contributed by atoms with Gasteiger partial charge in [0.2, 0.25) is 0 Å². The number of rotatable bonds is 4. The van der Waals surface area contributed by atoms with Gasteiger partial charge >= 0.3 is 0 Å². The lowest BCUT2D eigenvalue weighted by Gasteiger charge is -2.36. The number of hydrogen-bond donors (Lipinski definition) is 1. The summed E-state index contributed by atoms with van der Waals surface area (Å²) in [6.45, 7) is 2.91. The average molecular weight is 517 g/mol. The van der Waals surface area contributed by atoms with Crippen LogP contribution in [0.25, 0.3) is 11.1 Å². The van der Waals surface area contributed by atoms with Crippen molar-refractivity contribution >= 4 is 17.5 Å². The molecule has 0 unspecified atom stereocenters. The molecular weight excluding hydrogens is 476 g/mol. The Bertz CT molecular complexity index is 1180. The number of carbonyl (C=O) groups is 2. The minimum atomic E-state index is -1.14. The molecule has 0 aromatic heterocycles. The third-order valence-electron chi connectivity index (χ3n) is 9.08. The van der Waals surface area contributed by atoms with Gasteiger partial charge in [-0.15, -0.1) is 0 Å². The third-order valence-corrected chi connectivity index (χ3v) is 9.08. The molecule has 0 radical (unpaired) electrons. The second kappa shape index (κ2) is 10.3. The van der Waals surface area contributed by atoms with Crippen LogP contribution in [0.15, 0.2) is 42.5 Å². The highest BCUT2D eigenvalue weighted by molar-refractivity contribution is 5.95. The maximum absolute atomic E-state index is 13.2. The van der Waals surface area contributed by atoms with Crippen molar-refractivity contribution in [2.24, 2.45) is 0 Å². The monoisotopic (exact) mass is 516 g/mol. The minimum absolute atomic E-state index is 0.000326. The van der Waals surface area contributed by atoms with E-state index in [2.05, 4.69) is 47.4 Å². The lowest BCUT2D eigenvalue weighted by molar-refractivity contribution is -0.143. The smallest absolute Gasteiger partial charge is 0.254 e. The Morgan fingerprint density at radius 1 is 0.842 bits per heavy atom. The molecule has 4 aliphatic rings. The van der Waals surface area contributed by atoms with Gasteiger partial charge in [-0.3, -0.25) is 9.59 Å². The van der Waals surface area contributed by atoms with E-state index in [0.29, 0.717) is 50.6 Å². The number of anilines is 1. The maximum atomic E-state index is 13.2. The second-order valence-corrected chi connectivity index (χ2v) is 11.6. The summed E-state index contributed by atoms with van der Waals surface area (Å²) in [6.07, 6.45) is 10.4. The van der Waals surface area contributed by atoms with Crippen LogP contribution in [-0.4, -0.2) is 76.6 Å². The quantitative estimate of drug-likeness (QED) is 0.651. The number of benzene rings is 2. The predicted molar refractivity (Wildman–Crippen MR) is 149 cm³/mol. The molecule has 2 aliphatic heterocycles. The molecule has 2 aromatic carbocycles. The number of hydrogen-bond acceptors (Lipinski definition) is 5. The fraction of sp³-hybridized carbons (Fsp3) is 0.548. The molecule has 7 nitrogen and oxygen atoms in total. The van der Waals surface area contributed by atoms with Crippen molar-refractivity contribution < 1.29 is 14.7 Å². The lowest BCUT2D eigenvalue weighted by Crippen LogP contribution is -2.53. The third kappa shape index (κ3) is 4.82. The summed E-state index contributed by atoms with van der Waals surface area (Å²) < 4.78 is 0. The lowest BCUT2D eigenvalue weighted by atomic mass is 9.96. The van der Waals surface area contributed by atoms with E-state index in [-0.39, 0.29) is 11.8 Å². The fourth-order valence-corrected chi connectivity index (χ4v) is 6.56. The standard InChI is InChI=1S/C31H40N4O3/c1-32-28-25(22-35(32)26-9-5-3-2-4-6-10-26)8-7-11-27(28)23-12-14-24(15-13-23)29(36)33-18-20-34(21-19-33)30(37)31(38)16-17-31/h7-8,11-15,26,38H,2-6,9-10,16-22H2,1H3. The van der Waals surface area contributed by atoms with Gasteiger partial charge in [0.25, 0.3) is 11.8 Å². The SMILES string of the molecule is CN1c2c(cccc2-c2ccc(C(=O)N3CCN(C(=O)C4(O)CC4)CC3)cc2)CN1C1CCCCCCC1. The summed E-state index contributed by atoms with van der Waals surface area (Å²) in [5, 5.41) is 15.1. The van der Waals surface area contributed by atoms with Gasteiger partial charge in [-0.05, 0) is 48.9 Å². The molecule has 2 amide bonds. The molecule has 1 N–H and O–H groups in total. The largest absolute Gasteiger partial charge is 0.380 e. The summed E-state index contributed by atoms with van der Waals surface area (Å²) in [6, 6.07) is 15.2. The first-order valence-electron chi connectivity index (χ1n) is 14.5. The van der Waals surface area contributed by atoms with Crippen LogP contribution >= 0.6 is 0 Å². The molecule has 202 valence electrons. The molecule has 38 heavy (non-hydrogen) atoms. The second-order valence-electron chi connectivity index (χ2n) is 11.6. The van der Waals surface area contributed by atoms with Gasteiger partial charge in [-0.1, -0.05) is 62.4 Å².